The number of nitrogens with one attached hydrogen (secondary N) is 1. The first-order valence-corrected chi connectivity index (χ1v) is 6.47. The molecular formula is C15H9F4N5. The minimum absolute atomic E-state index is 0.122. The summed E-state index contributed by atoms with van der Waals surface area (Å²) in [6, 6.07) is 10.9. The van der Waals surface area contributed by atoms with Crippen LogP contribution in [0.25, 0.3) is 0 Å². The number of hydrazone groups is 1. The Morgan fingerprint density at radius 1 is 1.08 bits per heavy atom. The van der Waals surface area contributed by atoms with E-state index in [1.807, 2.05) is 0 Å². The minimum Gasteiger partial charge on any atom is -0.276 e. The largest absolute Gasteiger partial charge is 0.416 e. The van der Waals surface area contributed by atoms with Crippen LogP contribution in [0.4, 0.5) is 28.9 Å². The predicted octanol–water partition coefficient (Wildman–Crippen LogP) is 4.88. The Labute approximate surface area is 134 Å². The van der Waals surface area contributed by atoms with Crippen molar-refractivity contribution in [2.75, 3.05) is 5.43 Å². The summed E-state index contributed by atoms with van der Waals surface area (Å²) in [5, 5.41) is 19.7. The molecule has 5 nitrogen and oxygen atoms in total. The third-order valence-corrected chi connectivity index (χ3v) is 2.67. The van der Waals surface area contributed by atoms with E-state index >= 15 is 0 Å². The SMILES string of the molecule is N#CC(N=Nc1ccc(C(F)(F)F)cc1)=NNc1cccc(F)c1. The van der Waals surface area contributed by atoms with Gasteiger partial charge in [-0.15, -0.1) is 15.3 Å². The van der Waals surface area contributed by atoms with Crippen LogP contribution in [0, 0.1) is 17.1 Å². The molecule has 0 heterocycles. The van der Waals surface area contributed by atoms with E-state index < -0.39 is 17.6 Å². The first kappa shape index (κ1) is 17.1. The maximum atomic E-state index is 13.0. The van der Waals surface area contributed by atoms with Gasteiger partial charge in [0, 0.05) is 0 Å². The second-order valence-electron chi connectivity index (χ2n) is 4.41. The zero-order valence-corrected chi connectivity index (χ0v) is 11.9. The van der Waals surface area contributed by atoms with Gasteiger partial charge in [-0.25, -0.2) is 4.39 Å². The van der Waals surface area contributed by atoms with Gasteiger partial charge in [0.15, 0.2) is 0 Å². The number of azo groups is 1. The van der Waals surface area contributed by atoms with Crippen LogP contribution < -0.4 is 5.43 Å². The summed E-state index contributed by atoms with van der Waals surface area (Å²) >= 11 is 0. The number of nitriles is 1. The second kappa shape index (κ2) is 7.32. The fourth-order valence-electron chi connectivity index (χ4n) is 1.57. The Bertz CT molecular complexity index is 804. The summed E-state index contributed by atoms with van der Waals surface area (Å²) in [7, 11) is 0. The molecule has 0 aliphatic carbocycles. The number of hydrogen-bond donors (Lipinski definition) is 1. The zero-order chi connectivity index (χ0) is 17.6. The van der Waals surface area contributed by atoms with E-state index in [0.29, 0.717) is 5.69 Å². The van der Waals surface area contributed by atoms with E-state index in [1.165, 1.54) is 18.2 Å². The summed E-state index contributed by atoms with van der Waals surface area (Å²) in [5.74, 6) is -0.862. The number of alkyl halides is 3. The van der Waals surface area contributed by atoms with Crippen molar-refractivity contribution in [1.82, 2.24) is 0 Å². The molecule has 0 bridgehead atoms. The minimum atomic E-state index is -4.44. The fraction of sp³-hybridized carbons (Fsp3) is 0.0667. The molecule has 122 valence electrons. The lowest BCUT2D eigenvalue weighted by atomic mass is 10.2. The molecule has 0 radical (unpaired) electrons. The normalized spacial score (nSPS) is 12.2. The van der Waals surface area contributed by atoms with Crippen LogP contribution in [0.2, 0.25) is 0 Å². The van der Waals surface area contributed by atoms with E-state index in [9.17, 15) is 17.6 Å². The van der Waals surface area contributed by atoms with Crippen molar-refractivity contribution in [1.29, 1.82) is 5.26 Å². The molecule has 0 aliphatic rings. The summed E-state index contributed by atoms with van der Waals surface area (Å²) < 4.78 is 50.3. The van der Waals surface area contributed by atoms with E-state index in [4.69, 9.17) is 5.26 Å². The fourth-order valence-corrected chi connectivity index (χ4v) is 1.57. The van der Waals surface area contributed by atoms with Crippen molar-refractivity contribution < 1.29 is 17.6 Å². The Hall–Kier alpha value is -3.28. The third-order valence-electron chi connectivity index (χ3n) is 2.67. The van der Waals surface area contributed by atoms with Gasteiger partial charge < -0.3 is 0 Å². The lowest BCUT2D eigenvalue weighted by Crippen LogP contribution is -2.03. The lowest BCUT2D eigenvalue weighted by molar-refractivity contribution is -0.137. The second-order valence-corrected chi connectivity index (χ2v) is 4.41. The molecule has 0 saturated carbocycles. The van der Waals surface area contributed by atoms with E-state index in [-0.39, 0.29) is 11.5 Å². The summed E-state index contributed by atoms with van der Waals surface area (Å²) in [6.45, 7) is 0. The highest BCUT2D eigenvalue weighted by Gasteiger charge is 2.29. The van der Waals surface area contributed by atoms with E-state index in [0.717, 1.165) is 30.3 Å². The molecule has 9 heteroatoms. The van der Waals surface area contributed by atoms with Crippen LogP contribution in [-0.2, 0) is 6.18 Å². The first-order chi connectivity index (χ1) is 11.4. The van der Waals surface area contributed by atoms with Crippen molar-refractivity contribution >= 4 is 17.2 Å². The van der Waals surface area contributed by atoms with Gasteiger partial charge in [0.05, 0.1) is 16.9 Å². The predicted molar refractivity (Wildman–Crippen MR) is 79.0 cm³/mol. The van der Waals surface area contributed by atoms with Crippen LogP contribution >= 0.6 is 0 Å². The van der Waals surface area contributed by atoms with Crippen molar-refractivity contribution in [3.05, 3.63) is 59.9 Å². The quantitative estimate of drug-likeness (QED) is 0.285. The number of benzene rings is 2. The van der Waals surface area contributed by atoms with Gasteiger partial charge in [0.1, 0.15) is 11.9 Å². The molecule has 0 unspecified atom stereocenters. The van der Waals surface area contributed by atoms with Crippen LogP contribution in [0.15, 0.2) is 63.9 Å². The molecular weight excluding hydrogens is 326 g/mol. The summed E-state index contributed by atoms with van der Waals surface area (Å²) in [6.07, 6.45) is -4.44. The molecule has 0 saturated heterocycles. The molecule has 2 rings (SSSR count). The van der Waals surface area contributed by atoms with Gasteiger partial charge in [-0.1, -0.05) is 6.07 Å². The van der Waals surface area contributed by atoms with Gasteiger partial charge >= 0.3 is 6.18 Å². The lowest BCUT2D eigenvalue weighted by Gasteiger charge is -2.05. The van der Waals surface area contributed by atoms with Crippen LogP contribution in [-0.4, -0.2) is 5.84 Å². The Balaban J connectivity index is 2.08. The molecule has 24 heavy (non-hydrogen) atoms. The molecule has 2 aromatic carbocycles. The maximum Gasteiger partial charge on any atom is 0.416 e. The Morgan fingerprint density at radius 3 is 2.38 bits per heavy atom. The van der Waals surface area contributed by atoms with Gasteiger partial charge in [-0.3, -0.25) is 5.43 Å². The number of anilines is 1. The molecule has 0 atom stereocenters. The topological polar surface area (TPSA) is 72.9 Å². The molecule has 0 aromatic heterocycles. The van der Waals surface area contributed by atoms with E-state index in [2.05, 4.69) is 20.8 Å². The highest BCUT2D eigenvalue weighted by molar-refractivity contribution is 5.97. The average molecular weight is 335 g/mol. The van der Waals surface area contributed by atoms with Crippen LogP contribution in [0.3, 0.4) is 0 Å². The first-order valence-electron chi connectivity index (χ1n) is 6.47. The Kier molecular flexibility index (Phi) is 5.21. The molecule has 0 aliphatic heterocycles. The number of nitrogens with zero attached hydrogens (tertiary/aromatic N) is 4. The summed E-state index contributed by atoms with van der Waals surface area (Å²) in [4.78, 5) is 0. The van der Waals surface area contributed by atoms with Gasteiger partial charge in [-0.05, 0) is 42.5 Å². The Morgan fingerprint density at radius 2 is 1.79 bits per heavy atom. The number of rotatable bonds is 3. The smallest absolute Gasteiger partial charge is 0.276 e. The zero-order valence-electron chi connectivity index (χ0n) is 11.9. The number of halogens is 4. The highest BCUT2D eigenvalue weighted by atomic mass is 19.4. The van der Waals surface area contributed by atoms with Crippen molar-refractivity contribution in [3.8, 4) is 6.07 Å². The maximum absolute atomic E-state index is 13.0. The van der Waals surface area contributed by atoms with Crippen molar-refractivity contribution in [3.63, 3.8) is 0 Å². The monoisotopic (exact) mass is 335 g/mol. The standard InChI is InChI=1S/C15H9F4N5/c16-11-2-1-3-13(8-11)22-24-14(9-20)23-21-12-6-4-10(5-7-12)15(17,18)19/h1-8,22H. The van der Waals surface area contributed by atoms with Crippen LogP contribution in [0.1, 0.15) is 5.56 Å². The van der Waals surface area contributed by atoms with Gasteiger partial charge in [0.25, 0.3) is 5.84 Å². The van der Waals surface area contributed by atoms with Crippen molar-refractivity contribution in [2.24, 2.45) is 15.3 Å². The van der Waals surface area contributed by atoms with Gasteiger partial charge in [-0.2, -0.15) is 18.4 Å². The van der Waals surface area contributed by atoms with Crippen molar-refractivity contribution in [2.45, 2.75) is 6.18 Å². The van der Waals surface area contributed by atoms with E-state index in [1.54, 1.807) is 6.07 Å². The molecule has 1 N–H and O–H groups in total. The molecule has 0 fully saturated rings. The number of hydrogen-bond acceptors (Lipinski definition) is 4. The third kappa shape index (κ3) is 4.88. The number of amidine groups is 1. The van der Waals surface area contributed by atoms with Gasteiger partial charge in [0.2, 0.25) is 0 Å². The summed E-state index contributed by atoms with van der Waals surface area (Å²) in [5.41, 5.74) is 2.03. The average Bonchev–Trinajstić information content (AvgIpc) is 2.55. The highest BCUT2D eigenvalue weighted by Crippen LogP contribution is 2.30. The molecule has 2 aromatic rings. The van der Waals surface area contributed by atoms with Crippen LogP contribution in [0.5, 0.6) is 0 Å². The molecule has 0 spiro atoms. The molecule has 0 amide bonds.